The molecule has 1 fully saturated rings. The summed E-state index contributed by atoms with van der Waals surface area (Å²) < 4.78 is 16.8. The van der Waals surface area contributed by atoms with Crippen molar-refractivity contribution in [2.45, 2.75) is 51.7 Å². The molecule has 9 nitrogen and oxygen atoms in total. The molecule has 0 saturated heterocycles. The van der Waals surface area contributed by atoms with E-state index in [9.17, 15) is 14.4 Å². The lowest BCUT2D eigenvalue weighted by Gasteiger charge is -2.37. The number of hydrogen-bond donors (Lipinski definition) is 1. The molecule has 3 amide bonds. The Morgan fingerprint density at radius 3 is 2.51 bits per heavy atom. The summed E-state index contributed by atoms with van der Waals surface area (Å²) in [6.45, 7) is 5.09. The second kappa shape index (κ2) is 12.4. The maximum Gasteiger partial charge on any atom is 0.257 e. The van der Waals surface area contributed by atoms with Crippen molar-refractivity contribution in [2.24, 2.45) is 11.8 Å². The van der Waals surface area contributed by atoms with Crippen molar-refractivity contribution in [3.05, 3.63) is 23.8 Å². The minimum Gasteiger partial charge on any atom is -0.491 e. The number of methoxy groups -OCH3 is 2. The van der Waals surface area contributed by atoms with Crippen molar-refractivity contribution < 1.29 is 28.6 Å². The quantitative estimate of drug-likeness (QED) is 0.683. The Hall–Kier alpha value is -2.65. The van der Waals surface area contributed by atoms with Gasteiger partial charge in [0.2, 0.25) is 11.8 Å². The minimum absolute atomic E-state index is 0.0281. The molecule has 3 rings (SSSR count). The molecule has 9 heteroatoms. The van der Waals surface area contributed by atoms with E-state index in [1.165, 1.54) is 7.11 Å². The van der Waals surface area contributed by atoms with Gasteiger partial charge in [-0.3, -0.25) is 14.4 Å². The van der Waals surface area contributed by atoms with Crippen LogP contribution in [0, 0.1) is 11.8 Å². The van der Waals surface area contributed by atoms with Gasteiger partial charge in [-0.15, -0.1) is 0 Å². The van der Waals surface area contributed by atoms with Gasteiger partial charge in [0.25, 0.3) is 5.91 Å². The van der Waals surface area contributed by atoms with E-state index in [-0.39, 0.29) is 54.9 Å². The summed E-state index contributed by atoms with van der Waals surface area (Å²) in [6.07, 6.45) is 3.80. The van der Waals surface area contributed by atoms with Crippen molar-refractivity contribution in [3.8, 4) is 5.75 Å². The molecule has 1 saturated carbocycles. The summed E-state index contributed by atoms with van der Waals surface area (Å²) in [5.74, 6) is 0.110. The zero-order valence-corrected chi connectivity index (χ0v) is 21.5. The summed E-state index contributed by atoms with van der Waals surface area (Å²) in [7, 11) is 4.82. The Labute approximate surface area is 208 Å². The number of nitrogens with one attached hydrogen (secondary N) is 1. The van der Waals surface area contributed by atoms with E-state index in [1.54, 1.807) is 37.3 Å². The van der Waals surface area contributed by atoms with Crippen molar-refractivity contribution >= 4 is 23.4 Å². The lowest BCUT2D eigenvalue weighted by atomic mass is 9.99. The number of carbonyl (C=O) groups excluding carboxylic acids is 3. The SMILES string of the molecule is COCC(=O)Nc1ccc2c(c1)OC[C@H](C)N(C(=O)C1CCCC1)C[C@H](C)[C@@H](OC)CN(C)C2=O. The number of anilines is 1. The molecule has 0 bridgehead atoms. The topological polar surface area (TPSA) is 97.4 Å². The first-order chi connectivity index (χ1) is 16.7. The van der Waals surface area contributed by atoms with Crippen molar-refractivity contribution in [1.82, 2.24) is 9.80 Å². The van der Waals surface area contributed by atoms with Crippen LogP contribution in [0.15, 0.2) is 18.2 Å². The first-order valence-electron chi connectivity index (χ1n) is 12.4. The second-order valence-corrected chi connectivity index (χ2v) is 9.76. The van der Waals surface area contributed by atoms with E-state index in [2.05, 4.69) is 12.2 Å². The number of benzene rings is 1. The number of carbonyl (C=O) groups is 3. The van der Waals surface area contributed by atoms with Gasteiger partial charge in [0, 0.05) is 57.9 Å². The smallest absolute Gasteiger partial charge is 0.257 e. The van der Waals surface area contributed by atoms with Gasteiger partial charge >= 0.3 is 0 Å². The normalized spacial score (nSPS) is 24.3. The standard InChI is InChI=1S/C26H39N3O6/c1-17-13-29(25(31)19-8-6-7-9-19)18(2)15-35-22-12-20(27-24(30)16-33-4)10-11-21(22)26(32)28(3)14-23(17)34-5/h10-12,17-19,23H,6-9,13-16H2,1-5H3,(H,27,30)/t17-,18-,23-/m0/s1. The van der Waals surface area contributed by atoms with Crippen LogP contribution >= 0.6 is 0 Å². The molecule has 1 aliphatic heterocycles. The molecule has 0 spiro atoms. The highest BCUT2D eigenvalue weighted by molar-refractivity contribution is 5.98. The zero-order valence-electron chi connectivity index (χ0n) is 21.5. The molecule has 35 heavy (non-hydrogen) atoms. The number of fused-ring (bicyclic) bond motifs is 1. The van der Waals surface area contributed by atoms with Gasteiger partial charge in [0.05, 0.1) is 17.7 Å². The fourth-order valence-electron chi connectivity index (χ4n) is 4.89. The fraction of sp³-hybridized carbons (Fsp3) is 0.654. The Balaban J connectivity index is 1.93. The lowest BCUT2D eigenvalue weighted by molar-refractivity contribution is -0.139. The Bertz CT molecular complexity index is 901. The maximum atomic E-state index is 13.5. The van der Waals surface area contributed by atoms with Crippen LogP contribution in [0.1, 0.15) is 49.9 Å². The van der Waals surface area contributed by atoms with Crippen LogP contribution in [-0.4, -0.2) is 87.2 Å². The third-order valence-corrected chi connectivity index (χ3v) is 6.99. The molecular formula is C26H39N3O6. The second-order valence-electron chi connectivity index (χ2n) is 9.76. The summed E-state index contributed by atoms with van der Waals surface area (Å²) in [5, 5.41) is 2.75. The van der Waals surface area contributed by atoms with Gasteiger partial charge in [-0.2, -0.15) is 0 Å². The number of amides is 3. The van der Waals surface area contributed by atoms with E-state index in [0.29, 0.717) is 30.1 Å². The summed E-state index contributed by atoms with van der Waals surface area (Å²) in [6, 6.07) is 4.77. The predicted octanol–water partition coefficient (Wildman–Crippen LogP) is 2.79. The Kier molecular flexibility index (Phi) is 9.51. The highest BCUT2D eigenvalue weighted by Crippen LogP contribution is 2.30. The number of hydrogen-bond acceptors (Lipinski definition) is 6. The summed E-state index contributed by atoms with van der Waals surface area (Å²) in [4.78, 5) is 42.3. The molecule has 1 N–H and O–H groups in total. The van der Waals surface area contributed by atoms with E-state index in [0.717, 1.165) is 25.7 Å². The minimum atomic E-state index is -0.303. The van der Waals surface area contributed by atoms with E-state index >= 15 is 0 Å². The van der Waals surface area contributed by atoms with Crippen LogP contribution in [-0.2, 0) is 19.1 Å². The van der Waals surface area contributed by atoms with E-state index < -0.39 is 0 Å². The maximum absolute atomic E-state index is 13.5. The first kappa shape index (κ1) is 26.9. The van der Waals surface area contributed by atoms with Crippen LogP contribution in [0.25, 0.3) is 0 Å². The highest BCUT2D eigenvalue weighted by atomic mass is 16.5. The molecule has 0 aromatic heterocycles. The van der Waals surface area contributed by atoms with Gasteiger partial charge in [0.15, 0.2) is 0 Å². The average Bonchev–Trinajstić information content (AvgIpc) is 3.38. The van der Waals surface area contributed by atoms with Crippen molar-refractivity contribution in [2.75, 3.05) is 52.9 Å². The van der Waals surface area contributed by atoms with Crippen LogP contribution in [0.3, 0.4) is 0 Å². The Morgan fingerprint density at radius 1 is 1.14 bits per heavy atom. The summed E-state index contributed by atoms with van der Waals surface area (Å²) in [5.41, 5.74) is 0.893. The summed E-state index contributed by atoms with van der Waals surface area (Å²) >= 11 is 0. The average molecular weight is 490 g/mol. The van der Waals surface area contributed by atoms with E-state index in [4.69, 9.17) is 14.2 Å². The highest BCUT2D eigenvalue weighted by Gasteiger charge is 2.34. The van der Waals surface area contributed by atoms with Crippen LogP contribution in [0.4, 0.5) is 5.69 Å². The van der Waals surface area contributed by atoms with Gasteiger partial charge < -0.3 is 29.3 Å². The van der Waals surface area contributed by atoms with Crippen molar-refractivity contribution in [3.63, 3.8) is 0 Å². The molecule has 2 aliphatic rings. The third kappa shape index (κ3) is 6.73. The largest absolute Gasteiger partial charge is 0.491 e. The van der Waals surface area contributed by atoms with Crippen molar-refractivity contribution in [1.29, 1.82) is 0 Å². The zero-order chi connectivity index (χ0) is 25.5. The van der Waals surface area contributed by atoms with Gasteiger partial charge in [-0.05, 0) is 31.9 Å². The fourth-order valence-corrected chi connectivity index (χ4v) is 4.89. The number of likely N-dealkylation sites (N-methyl/N-ethyl adjacent to an activating group) is 1. The van der Waals surface area contributed by atoms with Crippen LogP contribution in [0.2, 0.25) is 0 Å². The molecule has 1 heterocycles. The van der Waals surface area contributed by atoms with E-state index in [1.807, 2.05) is 11.8 Å². The third-order valence-electron chi connectivity index (χ3n) is 6.99. The number of rotatable bonds is 5. The Morgan fingerprint density at radius 2 is 1.86 bits per heavy atom. The first-order valence-corrected chi connectivity index (χ1v) is 12.4. The molecule has 194 valence electrons. The number of nitrogens with zero attached hydrogens (tertiary/aromatic N) is 2. The molecule has 1 aromatic rings. The van der Waals surface area contributed by atoms with Gasteiger partial charge in [0.1, 0.15) is 19.0 Å². The molecule has 0 radical (unpaired) electrons. The molecular weight excluding hydrogens is 450 g/mol. The molecule has 1 aromatic carbocycles. The van der Waals surface area contributed by atoms with Gasteiger partial charge in [-0.1, -0.05) is 19.8 Å². The van der Waals surface area contributed by atoms with Crippen LogP contribution < -0.4 is 10.1 Å². The molecule has 0 unspecified atom stereocenters. The number of ether oxygens (including phenoxy) is 3. The lowest BCUT2D eigenvalue weighted by Crippen LogP contribution is -2.50. The predicted molar refractivity (Wildman–Crippen MR) is 132 cm³/mol. The van der Waals surface area contributed by atoms with Gasteiger partial charge in [-0.25, -0.2) is 0 Å². The van der Waals surface area contributed by atoms with Crippen LogP contribution in [0.5, 0.6) is 5.75 Å². The monoisotopic (exact) mass is 489 g/mol. The molecule has 1 aliphatic carbocycles. The molecule has 3 atom stereocenters.